The molecule has 0 saturated heterocycles. The van der Waals surface area contributed by atoms with E-state index >= 15 is 0 Å². The third-order valence-corrected chi connectivity index (χ3v) is 3.98. The molecule has 8 heteroatoms. The van der Waals surface area contributed by atoms with Gasteiger partial charge in [0.25, 0.3) is 5.56 Å². The predicted octanol–water partition coefficient (Wildman–Crippen LogP) is 0.929. The van der Waals surface area contributed by atoms with Crippen molar-refractivity contribution in [2.24, 2.45) is 0 Å². The molecule has 24 heavy (non-hydrogen) atoms. The maximum atomic E-state index is 12.2. The second kappa shape index (κ2) is 5.48. The van der Waals surface area contributed by atoms with Gasteiger partial charge < -0.3 is 15.3 Å². The second-order valence-corrected chi connectivity index (χ2v) is 5.92. The predicted molar refractivity (Wildman–Crippen MR) is 88.0 cm³/mol. The smallest absolute Gasteiger partial charge is 0.323 e. The van der Waals surface area contributed by atoms with E-state index in [9.17, 15) is 14.4 Å². The van der Waals surface area contributed by atoms with Gasteiger partial charge in [-0.25, -0.2) is 9.48 Å². The van der Waals surface area contributed by atoms with Crippen molar-refractivity contribution in [2.75, 3.05) is 5.32 Å². The number of nitrogens with zero attached hydrogens (tertiary/aromatic N) is 2. The highest BCUT2D eigenvalue weighted by molar-refractivity contribution is 5.92. The lowest BCUT2D eigenvalue weighted by molar-refractivity contribution is -0.117. The van der Waals surface area contributed by atoms with Crippen molar-refractivity contribution in [3.8, 4) is 0 Å². The monoisotopic (exact) mass is 325 g/mol. The minimum absolute atomic E-state index is 0.152. The fraction of sp³-hybridized carbons (Fsp3) is 0.250. The van der Waals surface area contributed by atoms with E-state index in [1.54, 1.807) is 24.3 Å². The zero-order chi connectivity index (χ0) is 16.7. The molecule has 0 aliphatic heterocycles. The van der Waals surface area contributed by atoms with E-state index in [2.05, 4.69) is 20.4 Å². The topological polar surface area (TPSA) is 113 Å². The molecule has 1 amide bonds. The first-order valence-electron chi connectivity index (χ1n) is 7.68. The average molecular weight is 325 g/mol. The minimum atomic E-state index is -0.352. The molecule has 8 nitrogen and oxygen atoms in total. The van der Waals surface area contributed by atoms with Crippen LogP contribution >= 0.6 is 0 Å². The van der Waals surface area contributed by atoms with Crippen molar-refractivity contribution in [1.82, 2.24) is 19.7 Å². The fourth-order valence-corrected chi connectivity index (χ4v) is 2.62. The van der Waals surface area contributed by atoms with E-state index in [0.29, 0.717) is 22.6 Å². The Hall–Kier alpha value is -3.16. The van der Waals surface area contributed by atoms with Crippen molar-refractivity contribution in [3.63, 3.8) is 0 Å². The van der Waals surface area contributed by atoms with Gasteiger partial charge in [-0.05, 0) is 37.1 Å². The number of aromatic nitrogens is 4. The van der Waals surface area contributed by atoms with Crippen LogP contribution < -0.4 is 16.6 Å². The number of carbonyl (C=O) groups is 1. The van der Waals surface area contributed by atoms with Crippen LogP contribution in [0.1, 0.15) is 24.5 Å². The highest BCUT2D eigenvalue weighted by Gasteiger charge is 2.25. The Morgan fingerprint density at radius 2 is 1.96 bits per heavy atom. The van der Waals surface area contributed by atoms with E-state index in [0.717, 1.165) is 18.5 Å². The molecule has 4 rings (SSSR count). The number of carbonyl (C=O) groups excluding carboxylic acids is 1. The molecule has 1 saturated carbocycles. The van der Waals surface area contributed by atoms with Crippen LogP contribution in [0.25, 0.3) is 11.0 Å². The molecule has 122 valence electrons. The maximum absolute atomic E-state index is 12.2. The van der Waals surface area contributed by atoms with Crippen molar-refractivity contribution in [2.45, 2.75) is 25.3 Å². The summed E-state index contributed by atoms with van der Waals surface area (Å²) in [6, 6.07) is 8.21. The summed E-state index contributed by atoms with van der Waals surface area (Å²) in [5, 5.41) is 6.97. The summed E-state index contributed by atoms with van der Waals surface area (Å²) in [4.78, 5) is 40.5. The van der Waals surface area contributed by atoms with Crippen LogP contribution in [0.5, 0.6) is 0 Å². The zero-order valence-corrected chi connectivity index (χ0v) is 12.7. The molecule has 3 N–H and O–H groups in total. The van der Waals surface area contributed by atoms with Crippen molar-refractivity contribution in [3.05, 3.63) is 56.9 Å². The molecule has 1 aliphatic rings. The van der Waals surface area contributed by atoms with Crippen molar-refractivity contribution in [1.29, 1.82) is 0 Å². The molecule has 1 fully saturated rings. The van der Waals surface area contributed by atoms with Crippen molar-refractivity contribution >= 4 is 22.6 Å². The molecule has 1 aromatic carbocycles. The first kappa shape index (κ1) is 14.4. The molecule has 2 heterocycles. The minimum Gasteiger partial charge on any atom is -0.324 e. The van der Waals surface area contributed by atoms with Crippen LogP contribution in [0.3, 0.4) is 0 Å². The summed E-state index contributed by atoms with van der Waals surface area (Å²) in [6.45, 7) is -0.152. The van der Waals surface area contributed by atoms with Crippen LogP contribution in [0, 0.1) is 0 Å². The Kier molecular flexibility index (Phi) is 3.30. The largest absolute Gasteiger partial charge is 0.324 e. The van der Waals surface area contributed by atoms with Gasteiger partial charge in [-0.2, -0.15) is 5.10 Å². The fourth-order valence-electron chi connectivity index (χ4n) is 2.62. The van der Waals surface area contributed by atoms with Gasteiger partial charge in [0.2, 0.25) is 5.91 Å². The lowest BCUT2D eigenvalue weighted by Gasteiger charge is -2.08. The number of rotatable bonds is 4. The molecule has 0 bridgehead atoms. The Labute approximate surface area is 135 Å². The van der Waals surface area contributed by atoms with Gasteiger partial charge in [-0.3, -0.25) is 9.59 Å². The molecule has 0 spiro atoms. The van der Waals surface area contributed by atoms with Gasteiger partial charge in [0.15, 0.2) is 0 Å². The number of hydrogen-bond donors (Lipinski definition) is 3. The van der Waals surface area contributed by atoms with Crippen LogP contribution in [0.4, 0.5) is 5.69 Å². The number of aromatic amines is 2. The molecule has 0 atom stereocenters. The lowest BCUT2D eigenvalue weighted by Crippen LogP contribution is -2.29. The number of hydrogen-bond acceptors (Lipinski definition) is 4. The van der Waals surface area contributed by atoms with Crippen LogP contribution in [-0.4, -0.2) is 25.7 Å². The molecule has 1 aliphatic carbocycles. The van der Waals surface area contributed by atoms with E-state index in [1.807, 2.05) is 0 Å². The molecule has 2 aromatic heterocycles. The summed E-state index contributed by atoms with van der Waals surface area (Å²) < 4.78 is 1.18. The SMILES string of the molecule is O=C(Cn1nc(C2CC2)ccc1=O)Nc1ccc2[nH]c(=O)[nH]c2c1. The normalized spacial score (nSPS) is 14.0. The van der Waals surface area contributed by atoms with Crippen LogP contribution in [-0.2, 0) is 11.3 Å². The summed E-state index contributed by atoms with van der Waals surface area (Å²) in [5.74, 6) is 0.0579. The highest BCUT2D eigenvalue weighted by Crippen LogP contribution is 2.38. The highest BCUT2D eigenvalue weighted by atomic mass is 16.2. The number of benzene rings is 1. The van der Waals surface area contributed by atoms with Gasteiger partial charge in [-0.1, -0.05) is 0 Å². The molecule has 0 unspecified atom stereocenters. The first-order valence-corrected chi connectivity index (χ1v) is 7.68. The summed E-state index contributed by atoms with van der Waals surface area (Å²) in [6.07, 6.45) is 2.15. The molecule has 0 radical (unpaired) electrons. The maximum Gasteiger partial charge on any atom is 0.323 e. The van der Waals surface area contributed by atoms with Gasteiger partial charge in [0.1, 0.15) is 6.54 Å². The standard InChI is InChI=1S/C16H15N5O3/c22-14(8-21-15(23)6-5-11(20-21)9-1-2-9)17-10-3-4-12-13(7-10)19-16(24)18-12/h3-7,9H,1-2,8H2,(H,17,22)(H2,18,19,24). The van der Waals surface area contributed by atoms with Gasteiger partial charge >= 0.3 is 5.69 Å². The van der Waals surface area contributed by atoms with E-state index < -0.39 is 0 Å². The van der Waals surface area contributed by atoms with E-state index in [1.165, 1.54) is 10.7 Å². The number of fused-ring (bicyclic) bond motifs is 1. The van der Waals surface area contributed by atoms with Gasteiger partial charge in [0, 0.05) is 17.7 Å². The van der Waals surface area contributed by atoms with Gasteiger partial charge in [-0.15, -0.1) is 0 Å². The summed E-state index contributed by atoms with van der Waals surface area (Å²) in [7, 11) is 0. The molecular formula is C16H15N5O3. The zero-order valence-electron chi connectivity index (χ0n) is 12.7. The Bertz CT molecular complexity index is 1040. The Balaban J connectivity index is 1.52. The Morgan fingerprint density at radius 3 is 2.75 bits per heavy atom. The average Bonchev–Trinajstić information content (AvgIpc) is 3.31. The van der Waals surface area contributed by atoms with Gasteiger partial charge in [0.05, 0.1) is 16.7 Å². The quantitative estimate of drug-likeness (QED) is 0.662. The first-order chi connectivity index (χ1) is 11.6. The second-order valence-electron chi connectivity index (χ2n) is 5.92. The van der Waals surface area contributed by atoms with Crippen LogP contribution in [0.15, 0.2) is 39.9 Å². The third-order valence-electron chi connectivity index (χ3n) is 3.98. The number of nitrogens with one attached hydrogen (secondary N) is 3. The number of H-pyrrole nitrogens is 2. The molecular weight excluding hydrogens is 310 g/mol. The number of imidazole rings is 1. The van der Waals surface area contributed by atoms with Crippen molar-refractivity contribution < 1.29 is 4.79 Å². The van der Waals surface area contributed by atoms with E-state index in [-0.39, 0.29) is 23.7 Å². The van der Waals surface area contributed by atoms with Crippen LogP contribution in [0.2, 0.25) is 0 Å². The summed E-state index contributed by atoms with van der Waals surface area (Å²) in [5.41, 5.74) is 2.04. The lowest BCUT2D eigenvalue weighted by atomic mass is 10.2. The number of amides is 1. The molecule has 3 aromatic rings. The number of anilines is 1. The van der Waals surface area contributed by atoms with E-state index in [4.69, 9.17) is 0 Å². The Morgan fingerprint density at radius 1 is 1.17 bits per heavy atom. The summed E-state index contributed by atoms with van der Waals surface area (Å²) >= 11 is 0. The third kappa shape index (κ3) is 2.85.